The van der Waals surface area contributed by atoms with E-state index in [9.17, 15) is 4.79 Å². The first kappa shape index (κ1) is 15.8. The van der Waals surface area contributed by atoms with Gasteiger partial charge in [-0.05, 0) is 37.1 Å². The van der Waals surface area contributed by atoms with Gasteiger partial charge < -0.3 is 14.2 Å². The minimum Gasteiger partial charge on any atom is -0.481 e. The molecule has 0 aliphatic heterocycles. The number of aryl methyl sites for hydroxylation is 2. The number of pyridine rings is 1. The number of benzene rings is 1. The Morgan fingerprint density at radius 3 is 2.55 bits per heavy atom. The van der Waals surface area contributed by atoms with E-state index in [4.69, 9.17) is 14.2 Å². The largest absolute Gasteiger partial charge is 0.514 e. The van der Waals surface area contributed by atoms with Gasteiger partial charge in [-0.1, -0.05) is 25.1 Å². The van der Waals surface area contributed by atoms with E-state index in [1.54, 1.807) is 31.4 Å². The average molecular weight is 301 g/mol. The second-order valence-electron chi connectivity index (χ2n) is 4.71. The van der Waals surface area contributed by atoms with Crippen LogP contribution < -0.4 is 9.47 Å². The Balaban J connectivity index is 2.03. The van der Waals surface area contributed by atoms with Crippen molar-refractivity contribution in [2.45, 2.75) is 26.9 Å². The zero-order valence-electron chi connectivity index (χ0n) is 13.0. The molecular weight excluding hydrogens is 282 g/mol. The summed E-state index contributed by atoms with van der Waals surface area (Å²) < 4.78 is 15.4. The Kier molecular flexibility index (Phi) is 5.36. The second kappa shape index (κ2) is 7.45. The third kappa shape index (κ3) is 3.97. The van der Waals surface area contributed by atoms with E-state index in [0.29, 0.717) is 11.6 Å². The molecule has 0 saturated heterocycles. The molecule has 116 valence electrons. The molecule has 0 amide bonds. The fourth-order valence-electron chi connectivity index (χ4n) is 2.06. The maximum atomic E-state index is 11.7. The van der Waals surface area contributed by atoms with Crippen LogP contribution in [0.5, 0.6) is 11.6 Å². The third-order valence-corrected chi connectivity index (χ3v) is 3.22. The highest BCUT2D eigenvalue weighted by molar-refractivity contribution is 5.63. The number of aromatic nitrogens is 1. The lowest BCUT2D eigenvalue weighted by Crippen LogP contribution is -2.11. The molecule has 1 aromatic heterocycles. The summed E-state index contributed by atoms with van der Waals surface area (Å²) in [7, 11) is 1.54. The Bertz CT molecular complexity index is 641. The van der Waals surface area contributed by atoms with Crippen LogP contribution in [-0.4, -0.2) is 18.2 Å². The van der Waals surface area contributed by atoms with Gasteiger partial charge in [-0.2, -0.15) is 0 Å². The summed E-state index contributed by atoms with van der Waals surface area (Å²) in [6.45, 7) is 4.02. The van der Waals surface area contributed by atoms with E-state index in [0.717, 1.165) is 23.2 Å². The molecule has 5 heteroatoms. The van der Waals surface area contributed by atoms with Crippen molar-refractivity contribution in [2.75, 3.05) is 7.11 Å². The number of para-hydroxylation sites is 1. The number of methoxy groups -OCH3 is 1. The summed E-state index contributed by atoms with van der Waals surface area (Å²) in [6.07, 6.45) is 0.0940. The van der Waals surface area contributed by atoms with Crippen LogP contribution in [0.15, 0.2) is 36.4 Å². The van der Waals surface area contributed by atoms with Crippen LogP contribution in [0.2, 0.25) is 0 Å². The predicted octanol–water partition coefficient (Wildman–Crippen LogP) is 3.68. The molecule has 0 N–H and O–H groups in total. The Morgan fingerprint density at radius 2 is 1.91 bits per heavy atom. The smallest absolute Gasteiger partial charge is 0.481 e. The van der Waals surface area contributed by atoms with Gasteiger partial charge in [0.2, 0.25) is 5.88 Å². The van der Waals surface area contributed by atoms with E-state index in [1.807, 2.05) is 26.0 Å². The number of carbonyl (C=O) groups excluding carboxylic acids is 1. The topological polar surface area (TPSA) is 57.7 Å². The van der Waals surface area contributed by atoms with E-state index in [2.05, 4.69) is 4.98 Å². The van der Waals surface area contributed by atoms with Crippen LogP contribution in [0.3, 0.4) is 0 Å². The van der Waals surface area contributed by atoms with Crippen LogP contribution in [-0.2, 0) is 17.8 Å². The molecule has 5 nitrogen and oxygen atoms in total. The molecule has 2 aromatic rings. The molecule has 1 aromatic carbocycles. The number of hydrogen-bond acceptors (Lipinski definition) is 5. The molecular formula is C17H19NO4. The molecule has 2 rings (SSSR count). The van der Waals surface area contributed by atoms with Crippen LogP contribution in [0.25, 0.3) is 0 Å². The van der Waals surface area contributed by atoms with Gasteiger partial charge in [0.25, 0.3) is 0 Å². The van der Waals surface area contributed by atoms with Crippen molar-refractivity contribution < 1.29 is 19.0 Å². The highest BCUT2D eigenvalue weighted by atomic mass is 16.7. The van der Waals surface area contributed by atoms with Crippen molar-refractivity contribution in [2.24, 2.45) is 0 Å². The first-order valence-corrected chi connectivity index (χ1v) is 7.07. The summed E-state index contributed by atoms with van der Waals surface area (Å²) in [5, 5.41) is 0. The molecule has 0 spiro atoms. The zero-order valence-corrected chi connectivity index (χ0v) is 13.0. The number of carbonyl (C=O) groups is 1. The van der Waals surface area contributed by atoms with Crippen molar-refractivity contribution in [3.63, 3.8) is 0 Å². The quantitative estimate of drug-likeness (QED) is 0.623. The standard InChI is InChI=1S/C17H19NO4/c1-4-13-10-14(16(20-3)18-12(13)2)11-21-17(19)22-15-8-6-5-7-9-15/h5-10H,4,11H2,1-3H3. The molecule has 22 heavy (non-hydrogen) atoms. The van der Waals surface area contributed by atoms with E-state index >= 15 is 0 Å². The molecule has 0 aliphatic rings. The van der Waals surface area contributed by atoms with E-state index in [-0.39, 0.29) is 6.61 Å². The van der Waals surface area contributed by atoms with Gasteiger partial charge in [-0.25, -0.2) is 9.78 Å². The molecule has 0 atom stereocenters. The fraction of sp³-hybridized carbons (Fsp3) is 0.294. The van der Waals surface area contributed by atoms with Crippen molar-refractivity contribution in [3.05, 3.63) is 53.2 Å². The van der Waals surface area contributed by atoms with Gasteiger partial charge in [0.15, 0.2) is 0 Å². The molecule has 0 fully saturated rings. The monoisotopic (exact) mass is 301 g/mol. The molecule has 0 saturated carbocycles. The lowest BCUT2D eigenvalue weighted by molar-refractivity contribution is 0.0919. The highest BCUT2D eigenvalue weighted by Gasteiger charge is 2.12. The van der Waals surface area contributed by atoms with Gasteiger partial charge in [0.1, 0.15) is 12.4 Å². The van der Waals surface area contributed by atoms with E-state index in [1.165, 1.54) is 0 Å². The first-order valence-electron chi connectivity index (χ1n) is 7.07. The molecule has 0 bridgehead atoms. The minimum atomic E-state index is -0.758. The average Bonchev–Trinajstić information content (AvgIpc) is 2.54. The second-order valence-corrected chi connectivity index (χ2v) is 4.71. The highest BCUT2D eigenvalue weighted by Crippen LogP contribution is 2.21. The zero-order chi connectivity index (χ0) is 15.9. The van der Waals surface area contributed by atoms with Crippen LogP contribution >= 0.6 is 0 Å². The summed E-state index contributed by atoms with van der Waals surface area (Å²) in [6, 6.07) is 10.7. The fourth-order valence-corrected chi connectivity index (χ4v) is 2.06. The number of nitrogens with zero attached hydrogens (tertiary/aromatic N) is 1. The van der Waals surface area contributed by atoms with Crippen molar-refractivity contribution >= 4 is 6.16 Å². The summed E-state index contributed by atoms with van der Waals surface area (Å²) in [5.41, 5.74) is 2.72. The predicted molar refractivity (Wildman–Crippen MR) is 82.2 cm³/mol. The van der Waals surface area contributed by atoms with Crippen molar-refractivity contribution in [1.29, 1.82) is 0 Å². The van der Waals surface area contributed by atoms with Gasteiger partial charge >= 0.3 is 6.16 Å². The van der Waals surface area contributed by atoms with Crippen LogP contribution in [0, 0.1) is 6.92 Å². The van der Waals surface area contributed by atoms with Gasteiger partial charge in [0.05, 0.1) is 12.7 Å². The molecule has 0 aliphatic carbocycles. The molecule has 0 radical (unpaired) electrons. The van der Waals surface area contributed by atoms with Crippen LogP contribution in [0.4, 0.5) is 4.79 Å². The normalized spacial score (nSPS) is 10.1. The lowest BCUT2D eigenvalue weighted by atomic mass is 10.1. The van der Waals surface area contributed by atoms with Gasteiger partial charge in [-0.3, -0.25) is 0 Å². The Hall–Kier alpha value is -2.56. The van der Waals surface area contributed by atoms with Gasteiger partial charge in [-0.15, -0.1) is 0 Å². The summed E-state index contributed by atoms with van der Waals surface area (Å²) in [5.74, 6) is 0.901. The number of ether oxygens (including phenoxy) is 3. The maximum Gasteiger partial charge on any atom is 0.514 e. The third-order valence-electron chi connectivity index (χ3n) is 3.22. The van der Waals surface area contributed by atoms with Gasteiger partial charge in [0, 0.05) is 5.69 Å². The molecule has 1 heterocycles. The Labute approximate surface area is 129 Å². The Morgan fingerprint density at radius 1 is 1.18 bits per heavy atom. The van der Waals surface area contributed by atoms with Crippen LogP contribution in [0.1, 0.15) is 23.7 Å². The SMILES string of the molecule is CCc1cc(COC(=O)Oc2ccccc2)c(OC)nc1C. The minimum absolute atomic E-state index is 0.0507. The maximum absolute atomic E-state index is 11.7. The summed E-state index contributed by atoms with van der Waals surface area (Å²) >= 11 is 0. The summed E-state index contributed by atoms with van der Waals surface area (Å²) in [4.78, 5) is 16.1. The lowest BCUT2D eigenvalue weighted by Gasteiger charge is -2.12. The van der Waals surface area contributed by atoms with E-state index < -0.39 is 6.16 Å². The molecule has 0 unspecified atom stereocenters. The van der Waals surface area contributed by atoms with Crippen molar-refractivity contribution in [1.82, 2.24) is 4.98 Å². The number of rotatable bonds is 5. The van der Waals surface area contributed by atoms with Crippen molar-refractivity contribution in [3.8, 4) is 11.6 Å². The number of hydrogen-bond donors (Lipinski definition) is 0. The first-order chi connectivity index (χ1) is 10.6.